The third-order valence-electron chi connectivity index (χ3n) is 9.61. The molecule has 1 N–H and O–H groups in total. The summed E-state index contributed by atoms with van der Waals surface area (Å²) in [6, 6.07) is 25.4. The summed E-state index contributed by atoms with van der Waals surface area (Å²) >= 11 is 0. The van der Waals surface area contributed by atoms with Gasteiger partial charge in [-0.05, 0) is 115 Å². The first-order valence-corrected chi connectivity index (χ1v) is 16.3. The van der Waals surface area contributed by atoms with Crippen LogP contribution in [-0.4, -0.2) is 4.98 Å². The number of nitriles is 1. The summed E-state index contributed by atoms with van der Waals surface area (Å²) in [7, 11) is 0. The number of fused-ring (bicyclic) bond motifs is 1. The monoisotopic (exact) mass is 571 g/mol. The molecule has 0 amide bonds. The van der Waals surface area contributed by atoms with Gasteiger partial charge in [-0.15, -0.1) is 0 Å². The van der Waals surface area contributed by atoms with Crippen LogP contribution >= 0.6 is 0 Å². The Morgan fingerprint density at radius 1 is 0.814 bits per heavy atom. The fourth-order valence-electron chi connectivity index (χ4n) is 7.10. The van der Waals surface area contributed by atoms with Crippen LogP contribution < -0.4 is 5.32 Å². The Morgan fingerprint density at radius 2 is 1.58 bits per heavy atom. The number of aromatic nitrogens is 1. The van der Waals surface area contributed by atoms with Gasteiger partial charge >= 0.3 is 0 Å². The van der Waals surface area contributed by atoms with Crippen molar-refractivity contribution in [1.82, 2.24) is 4.98 Å². The first-order chi connectivity index (χ1) is 21.1. The molecule has 6 rings (SSSR count). The number of benzene rings is 3. The average molecular weight is 572 g/mol. The van der Waals surface area contributed by atoms with Crippen LogP contribution in [0, 0.1) is 29.0 Å². The molecule has 0 aliphatic heterocycles. The Labute approximate surface area is 255 Å². The molecular weight excluding hydrogens is 529 g/mol. The highest BCUT2D eigenvalue weighted by molar-refractivity contribution is 5.89. The molecular formula is C39H42FN3. The number of allylic oxidation sites excluding steroid dienone is 2. The summed E-state index contributed by atoms with van der Waals surface area (Å²) in [5.41, 5.74) is 7.80. The van der Waals surface area contributed by atoms with E-state index in [2.05, 4.69) is 41.7 Å². The van der Waals surface area contributed by atoms with Gasteiger partial charge in [-0.1, -0.05) is 80.5 Å². The van der Waals surface area contributed by atoms with Gasteiger partial charge in [-0.3, -0.25) is 0 Å². The molecule has 1 aromatic heterocycles. The van der Waals surface area contributed by atoms with Gasteiger partial charge in [0.05, 0.1) is 17.1 Å². The van der Waals surface area contributed by atoms with Crippen molar-refractivity contribution in [3.63, 3.8) is 0 Å². The molecule has 2 aliphatic rings. The zero-order valence-electron chi connectivity index (χ0n) is 25.1. The highest BCUT2D eigenvalue weighted by Crippen LogP contribution is 2.37. The summed E-state index contributed by atoms with van der Waals surface area (Å²) in [4.78, 5) is 5.00. The minimum absolute atomic E-state index is 0.220. The van der Waals surface area contributed by atoms with Crippen LogP contribution in [-0.2, 0) is 13.0 Å². The van der Waals surface area contributed by atoms with Crippen LogP contribution in [0.25, 0.3) is 22.0 Å². The van der Waals surface area contributed by atoms with Gasteiger partial charge in [0.1, 0.15) is 11.6 Å². The van der Waals surface area contributed by atoms with Crippen LogP contribution in [0.4, 0.5) is 10.2 Å². The van der Waals surface area contributed by atoms with E-state index >= 15 is 0 Å². The molecule has 3 nitrogen and oxygen atoms in total. The van der Waals surface area contributed by atoms with Gasteiger partial charge in [0.25, 0.3) is 0 Å². The molecule has 43 heavy (non-hydrogen) atoms. The minimum Gasteiger partial charge on any atom is -0.366 e. The number of anilines is 1. The molecule has 0 radical (unpaired) electrons. The van der Waals surface area contributed by atoms with E-state index in [-0.39, 0.29) is 5.82 Å². The topological polar surface area (TPSA) is 48.7 Å². The lowest BCUT2D eigenvalue weighted by atomic mass is 9.79. The number of rotatable bonds is 9. The van der Waals surface area contributed by atoms with E-state index < -0.39 is 0 Å². The highest BCUT2D eigenvalue weighted by Gasteiger charge is 2.22. The van der Waals surface area contributed by atoms with Crippen LogP contribution in [0.1, 0.15) is 87.3 Å². The van der Waals surface area contributed by atoms with Gasteiger partial charge in [-0.25, -0.2) is 9.37 Å². The second-order valence-electron chi connectivity index (χ2n) is 12.6. The van der Waals surface area contributed by atoms with Crippen LogP contribution in [0.2, 0.25) is 0 Å². The molecule has 1 fully saturated rings. The van der Waals surface area contributed by atoms with E-state index in [4.69, 9.17) is 4.98 Å². The maximum atomic E-state index is 13.5. The highest BCUT2D eigenvalue weighted by atomic mass is 19.1. The van der Waals surface area contributed by atoms with E-state index in [0.29, 0.717) is 18.0 Å². The summed E-state index contributed by atoms with van der Waals surface area (Å²) in [5, 5.41) is 13.9. The fraction of sp³-hybridized carbons (Fsp3) is 0.385. The minimum atomic E-state index is -0.220. The predicted octanol–water partition coefficient (Wildman–Crippen LogP) is 10.5. The van der Waals surface area contributed by atoms with Crippen molar-refractivity contribution in [3.05, 3.63) is 107 Å². The van der Waals surface area contributed by atoms with Crippen molar-refractivity contribution < 1.29 is 4.39 Å². The van der Waals surface area contributed by atoms with Crippen molar-refractivity contribution in [3.8, 4) is 17.2 Å². The van der Waals surface area contributed by atoms with Crippen LogP contribution in [0.5, 0.6) is 0 Å². The van der Waals surface area contributed by atoms with E-state index in [1.54, 1.807) is 5.57 Å². The van der Waals surface area contributed by atoms with Crippen molar-refractivity contribution in [2.75, 3.05) is 5.32 Å². The second-order valence-corrected chi connectivity index (χ2v) is 12.6. The maximum absolute atomic E-state index is 13.5. The number of nitrogens with one attached hydrogen (secondary N) is 1. The first kappa shape index (κ1) is 29.1. The van der Waals surface area contributed by atoms with Crippen LogP contribution in [0.15, 0.2) is 84.4 Å². The van der Waals surface area contributed by atoms with Crippen LogP contribution in [0.3, 0.4) is 0 Å². The quantitative estimate of drug-likeness (QED) is 0.161. The second kappa shape index (κ2) is 14.0. The van der Waals surface area contributed by atoms with Gasteiger partial charge in [0.2, 0.25) is 0 Å². The molecule has 1 saturated carbocycles. The molecule has 1 heterocycles. The number of hydrogen-bond donors (Lipinski definition) is 1. The average Bonchev–Trinajstić information content (AvgIpc) is 3.33. The van der Waals surface area contributed by atoms with Gasteiger partial charge in [0, 0.05) is 11.9 Å². The lowest BCUT2D eigenvalue weighted by molar-refractivity contribution is 0.362. The molecule has 0 saturated heterocycles. The van der Waals surface area contributed by atoms with E-state index in [9.17, 15) is 9.65 Å². The third kappa shape index (κ3) is 7.52. The molecule has 1 atom stereocenters. The SMILES string of the molecule is N#Cc1ccc(-c2ccc3nc(NCc4ccc(F)cc4)cc(CC4=CCCC[C@H]4CCC4CCCCCC4)c3c2)cc1. The summed E-state index contributed by atoms with van der Waals surface area (Å²) in [6.07, 6.45) is 18.4. The Morgan fingerprint density at radius 3 is 2.35 bits per heavy atom. The standard InChI is InChI=1S/C39H42FN3/c40-36-20-14-30(15-21-36)27-42-39-25-35(23-33-10-6-5-9-31(33)16-11-28-7-3-1-2-4-8-28)37-24-34(19-22-38(37)43-39)32-17-12-29(26-41)13-18-32/h10,12-15,17-22,24-25,28,31H,1-9,11,16,23,27H2,(H,42,43)/t31-/m0/s1. The van der Waals surface area contributed by atoms with Gasteiger partial charge < -0.3 is 5.32 Å². The zero-order chi connectivity index (χ0) is 29.4. The lowest BCUT2D eigenvalue weighted by Gasteiger charge is -2.27. The number of halogens is 1. The van der Waals surface area contributed by atoms with Crippen molar-refractivity contribution in [2.24, 2.45) is 11.8 Å². The summed E-state index contributed by atoms with van der Waals surface area (Å²) in [5.74, 6) is 2.20. The van der Waals surface area contributed by atoms with Gasteiger partial charge in [-0.2, -0.15) is 5.26 Å². The van der Waals surface area contributed by atoms with Crippen molar-refractivity contribution in [1.29, 1.82) is 5.26 Å². The van der Waals surface area contributed by atoms with E-state index in [1.165, 1.54) is 93.7 Å². The van der Waals surface area contributed by atoms with E-state index in [1.807, 2.05) is 36.4 Å². The predicted molar refractivity (Wildman–Crippen MR) is 175 cm³/mol. The normalized spacial score (nSPS) is 17.7. The fourth-order valence-corrected chi connectivity index (χ4v) is 7.10. The first-order valence-electron chi connectivity index (χ1n) is 16.3. The zero-order valence-corrected chi connectivity index (χ0v) is 25.1. The summed E-state index contributed by atoms with van der Waals surface area (Å²) in [6.45, 7) is 0.592. The molecule has 220 valence electrons. The number of hydrogen-bond acceptors (Lipinski definition) is 3. The molecule has 3 aromatic carbocycles. The number of pyridine rings is 1. The summed E-state index contributed by atoms with van der Waals surface area (Å²) < 4.78 is 13.5. The Kier molecular flexibility index (Phi) is 9.48. The largest absolute Gasteiger partial charge is 0.366 e. The molecule has 4 heteroatoms. The molecule has 0 spiro atoms. The van der Waals surface area contributed by atoms with Crippen molar-refractivity contribution in [2.45, 2.75) is 83.6 Å². The molecule has 2 aliphatic carbocycles. The Hall–Kier alpha value is -3.97. The maximum Gasteiger partial charge on any atom is 0.127 e. The van der Waals surface area contributed by atoms with E-state index in [0.717, 1.165) is 40.4 Å². The van der Waals surface area contributed by atoms with Crippen molar-refractivity contribution >= 4 is 16.7 Å². The molecule has 0 unspecified atom stereocenters. The third-order valence-corrected chi connectivity index (χ3v) is 9.61. The Bertz CT molecular complexity index is 1590. The smallest absolute Gasteiger partial charge is 0.127 e. The van der Waals surface area contributed by atoms with Gasteiger partial charge in [0.15, 0.2) is 0 Å². The molecule has 4 aromatic rings. The number of nitrogens with zero attached hydrogens (tertiary/aromatic N) is 2. The lowest BCUT2D eigenvalue weighted by Crippen LogP contribution is -2.13. The Balaban J connectivity index is 1.29. The molecule has 0 bridgehead atoms.